The summed E-state index contributed by atoms with van der Waals surface area (Å²) >= 11 is 9.24. The number of benzene rings is 1. The van der Waals surface area contributed by atoms with Gasteiger partial charge >= 0.3 is 0 Å². The summed E-state index contributed by atoms with van der Waals surface area (Å²) in [7, 11) is -2.11. The van der Waals surface area contributed by atoms with E-state index in [0.29, 0.717) is 4.47 Å². The van der Waals surface area contributed by atoms with Crippen molar-refractivity contribution >= 4 is 37.6 Å². The van der Waals surface area contributed by atoms with Gasteiger partial charge in [0, 0.05) is 17.7 Å². The molecule has 1 aromatic carbocycles. The second-order valence-corrected chi connectivity index (χ2v) is 8.46. The molecule has 1 unspecified atom stereocenters. The van der Waals surface area contributed by atoms with Gasteiger partial charge in [-0.3, -0.25) is 0 Å². The molecule has 4 nitrogen and oxygen atoms in total. The van der Waals surface area contributed by atoms with Crippen molar-refractivity contribution in [2.45, 2.75) is 23.8 Å². The minimum Gasteiger partial charge on any atom is -0.242 e. The Bertz CT molecular complexity index is 826. The Hall–Kier alpha value is -0.950. The number of aryl methyl sites for hydroxylation is 1. The van der Waals surface area contributed by atoms with Crippen LogP contribution in [0.4, 0.5) is 0 Å². The second kappa shape index (κ2) is 5.92. The molecule has 1 atom stereocenters. The van der Waals surface area contributed by atoms with Gasteiger partial charge in [0.15, 0.2) is 0 Å². The molecule has 3 rings (SSSR count). The molecule has 0 radical (unpaired) electrons. The molecular formula is C15H14BrClN2O2S. The van der Waals surface area contributed by atoms with Gasteiger partial charge in [-0.05, 0) is 46.0 Å². The molecule has 1 aliphatic rings. The summed E-state index contributed by atoms with van der Waals surface area (Å²) in [6.45, 7) is 0. The van der Waals surface area contributed by atoms with Crippen LogP contribution in [0.15, 0.2) is 45.9 Å². The standard InChI is InChI=1S/C15H14BrClN2O2S/c1-19(13-7-6-10-4-2-3-5-12(10)13)22(20,21)14-8-11(16)9-18-15(14)17/h2-5,8-9,13H,6-7H2,1H3. The zero-order chi connectivity index (χ0) is 15.9. The lowest BCUT2D eigenvalue weighted by Gasteiger charge is -2.25. The molecular weight excluding hydrogens is 388 g/mol. The molecule has 0 amide bonds. The van der Waals surface area contributed by atoms with Gasteiger partial charge in [-0.2, -0.15) is 4.31 Å². The average Bonchev–Trinajstić information content (AvgIpc) is 2.92. The molecule has 0 bridgehead atoms. The lowest BCUT2D eigenvalue weighted by atomic mass is 10.1. The summed E-state index contributed by atoms with van der Waals surface area (Å²) in [5.41, 5.74) is 2.26. The van der Waals surface area contributed by atoms with E-state index < -0.39 is 10.0 Å². The Labute approximate surface area is 143 Å². The van der Waals surface area contributed by atoms with Crippen LogP contribution in [0, 0.1) is 0 Å². The van der Waals surface area contributed by atoms with E-state index in [2.05, 4.69) is 20.9 Å². The fourth-order valence-electron chi connectivity index (χ4n) is 2.82. The number of aromatic nitrogens is 1. The molecule has 1 aliphatic carbocycles. The average molecular weight is 402 g/mol. The fourth-order valence-corrected chi connectivity index (χ4v) is 5.10. The molecule has 0 fully saturated rings. The SMILES string of the molecule is CN(C1CCc2ccccc21)S(=O)(=O)c1cc(Br)cnc1Cl. The fraction of sp³-hybridized carbons (Fsp3) is 0.267. The third kappa shape index (κ3) is 2.69. The number of pyridine rings is 1. The molecule has 116 valence electrons. The molecule has 0 aliphatic heterocycles. The van der Waals surface area contributed by atoms with E-state index in [-0.39, 0.29) is 16.1 Å². The van der Waals surface area contributed by atoms with Gasteiger partial charge in [0.05, 0.1) is 6.04 Å². The topological polar surface area (TPSA) is 50.3 Å². The highest BCUT2D eigenvalue weighted by Gasteiger charge is 2.34. The molecule has 0 saturated carbocycles. The maximum absolute atomic E-state index is 12.9. The van der Waals surface area contributed by atoms with Crippen molar-refractivity contribution in [1.29, 1.82) is 0 Å². The monoisotopic (exact) mass is 400 g/mol. The maximum Gasteiger partial charge on any atom is 0.246 e. The van der Waals surface area contributed by atoms with Crippen LogP contribution in [0.25, 0.3) is 0 Å². The summed E-state index contributed by atoms with van der Waals surface area (Å²) in [6.07, 6.45) is 3.13. The summed E-state index contributed by atoms with van der Waals surface area (Å²) < 4.78 is 27.7. The van der Waals surface area contributed by atoms with Crippen LogP contribution in [0.2, 0.25) is 5.15 Å². The molecule has 0 saturated heterocycles. The Kier molecular flexibility index (Phi) is 4.29. The lowest BCUT2D eigenvalue weighted by molar-refractivity contribution is 0.374. The van der Waals surface area contributed by atoms with E-state index in [1.807, 2.05) is 24.3 Å². The van der Waals surface area contributed by atoms with Gasteiger partial charge in [-0.15, -0.1) is 0 Å². The van der Waals surface area contributed by atoms with E-state index in [0.717, 1.165) is 18.4 Å². The van der Waals surface area contributed by atoms with Crippen LogP contribution in [-0.4, -0.2) is 24.8 Å². The van der Waals surface area contributed by atoms with Crippen molar-refractivity contribution in [2.24, 2.45) is 0 Å². The minimum absolute atomic E-state index is 0.0127. The van der Waals surface area contributed by atoms with Gasteiger partial charge in [0.2, 0.25) is 10.0 Å². The van der Waals surface area contributed by atoms with Gasteiger partial charge in [0.1, 0.15) is 10.0 Å². The molecule has 1 heterocycles. The van der Waals surface area contributed by atoms with Gasteiger partial charge in [0.25, 0.3) is 0 Å². The van der Waals surface area contributed by atoms with Crippen LogP contribution in [-0.2, 0) is 16.4 Å². The number of halogens is 2. The zero-order valence-corrected chi connectivity index (χ0v) is 15.0. The highest BCUT2D eigenvalue weighted by molar-refractivity contribution is 9.10. The molecule has 7 heteroatoms. The van der Waals surface area contributed by atoms with E-state index in [1.54, 1.807) is 7.05 Å². The Morgan fingerprint density at radius 2 is 2.09 bits per heavy atom. The first kappa shape index (κ1) is 15.9. The largest absolute Gasteiger partial charge is 0.246 e. The number of sulfonamides is 1. The van der Waals surface area contributed by atoms with E-state index in [1.165, 1.54) is 22.1 Å². The van der Waals surface area contributed by atoms with Crippen molar-refractivity contribution in [3.8, 4) is 0 Å². The Morgan fingerprint density at radius 1 is 1.36 bits per heavy atom. The highest BCUT2D eigenvalue weighted by Crippen LogP contribution is 2.38. The third-order valence-corrected chi connectivity index (χ3v) is 6.70. The zero-order valence-electron chi connectivity index (χ0n) is 11.8. The Morgan fingerprint density at radius 3 is 2.86 bits per heavy atom. The lowest BCUT2D eigenvalue weighted by Crippen LogP contribution is -2.30. The number of fused-ring (bicyclic) bond motifs is 1. The normalized spacial score (nSPS) is 17.7. The minimum atomic E-state index is -3.71. The van der Waals surface area contributed by atoms with Crippen LogP contribution in [0.3, 0.4) is 0 Å². The van der Waals surface area contributed by atoms with E-state index in [9.17, 15) is 8.42 Å². The number of hydrogen-bond acceptors (Lipinski definition) is 3. The van der Waals surface area contributed by atoms with Crippen molar-refractivity contribution < 1.29 is 8.42 Å². The summed E-state index contributed by atoms with van der Waals surface area (Å²) in [4.78, 5) is 3.93. The molecule has 22 heavy (non-hydrogen) atoms. The predicted octanol–water partition coefficient (Wildman–Crippen LogP) is 3.81. The van der Waals surface area contributed by atoms with Crippen LogP contribution < -0.4 is 0 Å². The predicted molar refractivity (Wildman–Crippen MR) is 89.4 cm³/mol. The second-order valence-electron chi connectivity index (χ2n) is 5.22. The first-order valence-corrected chi connectivity index (χ1v) is 9.39. The molecule has 1 aromatic heterocycles. The summed E-state index contributed by atoms with van der Waals surface area (Å²) in [5.74, 6) is 0. The first-order chi connectivity index (χ1) is 10.4. The van der Waals surface area contributed by atoms with Crippen LogP contribution in [0.5, 0.6) is 0 Å². The Balaban J connectivity index is 2.02. The summed E-state index contributed by atoms with van der Waals surface area (Å²) in [6, 6.07) is 9.26. The van der Waals surface area contributed by atoms with Crippen LogP contribution >= 0.6 is 27.5 Å². The van der Waals surface area contributed by atoms with Crippen molar-refractivity contribution in [3.63, 3.8) is 0 Å². The van der Waals surface area contributed by atoms with Crippen LogP contribution in [0.1, 0.15) is 23.6 Å². The number of rotatable bonds is 3. The highest BCUT2D eigenvalue weighted by atomic mass is 79.9. The molecule has 0 N–H and O–H groups in total. The van der Waals surface area contributed by atoms with Crippen molar-refractivity contribution in [2.75, 3.05) is 7.05 Å². The van der Waals surface area contributed by atoms with Gasteiger partial charge in [-0.25, -0.2) is 13.4 Å². The van der Waals surface area contributed by atoms with Crippen molar-refractivity contribution in [3.05, 3.63) is 57.3 Å². The molecule has 0 spiro atoms. The van der Waals surface area contributed by atoms with Gasteiger partial charge < -0.3 is 0 Å². The third-order valence-electron chi connectivity index (χ3n) is 3.97. The number of hydrogen-bond donors (Lipinski definition) is 0. The first-order valence-electron chi connectivity index (χ1n) is 6.78. The van der Waals surface area contributed by atoms with E-state index in [4.69, 9.17) is 11.6 Å². The summed E-state index contributed by atoms with van der Waals surface area (Å²) in [5, 5.41) is -0.0127. The van der Waals surface area contributed by atoms with E-state index >= 15 is 0 Å². The number of nitrogens with zero attached hydrogens (tertiary/aromatic N) is 2. The van der Waals surface area contributed by atoms with Crippen molar-refractivity contribution in [1.82, 2.24) is 9.29 Å². The quantitative estimate of drug-likeness (QED) is 0.735. The van der Waals surface area contributed by atoms with Gasteiger partial charge in [-0.1, -0.05) is 35.9 Å². The smallest absolute Gasteiger partial charge is 0.242 e. The molecule has 2 aromatic rings. The maximum atomic E-state index is 12.9.